The van der Waals surface area contributed by atoms with Gasteiger partial charge < -0.3 is 82.9 Å². The van der Waals surface area contributed by atoms with Gasteiger partial charge in [0.05, 0.1) is 18.7 Å². The molecule has 2 heterocycles. The van der Waals surface area contributed by atoms with Crippen molar-refractivity contribution in [3.63, 3.8) is 0 Å². The third-order valence-corrected chi connectivity index (χ3v) is 7.38. The van der Waals surface area contributed by atoms with Crippen LogP contribution in [0.15, 0.2) is 0 Å². The van der Waals surface area contributed by atoms with Crippen LogP contribution in [0.3, 0.4) is 0 Å². The Morgan fingerprint density at radius 3 is 2.18 bits per heavy atom. The first-order valence-corrected chi connectivity index (χ1v) is 12.9. The molecule has 17 nitrogen and oxygen atoms in total. The van der Waals surface area contributed by atoms with Gasteiger partial charge in [0.25, 0.3) is 0 Å². The second-order valence-electron chi connectivity index (χ2n) is 10.4. The summed E-state index contributed by atoms with van der Waals surface area (Å²) in [5.41, 5.74) is 23.6. The van der Waals surface area contributed by atoms with Gasteiger partial charge in [-0.1, -0.05) is 0 Å². The Kier molecular flexibility index (Phi) is 11.4. The van der Waals surface area contributed by atoms with Crippen molar-refractivity contribution in [2.45, 2.75) is 118 Å². The largest absolute Gasteiger partial charge is 0.394 e. The summed E-state index contributed by atoms with van der Waals surface area (Å²) in [6.07, 6.45) is -17.0. The minimum Gasteiger partial charge on any atom is -0.394 e. The lowest BCUT2D eigenvalue weighted by molar-refractivity contribution is -0.310. The summed E-state index contributed by atoms with van der Waals surface area (Å²) in [7, 11) is 0. The number of amides is 1. The highest BCUT2D eigenvalue weighted by molar-refractivity contribution is 5.80. The van der Waals surface area contributed by atoms with Gasteiger partial charge >= 0.3 is 0 Å². The SMILES string of the molecule is C[C@@H](N)C1OC(OC2C(O)C(NC(=O)[C@@H](O)CCN)CC(N)C2OC2OC(CO)C(O)C(O)C2N)C(O)C1O. The van der Waals surface area contributed by atoms with E-state index in [0.29, 0.717) is 0 Å². The van der Waals surface area contributed by atoms with E-state index in [2.05, 4.69) is 5.32 Å². The Morgan fingerprint density at radius 2 is 1.62 bits per heavy atom. The van der Waals surface area contributed by atoms with Crippen molar-refractivity contribution in [2.24, 2.45) is 22.9 Å². The lowest BCUT2D eigenvalue weighted by Crippen LogP contribution is -2.69. The van der Waals surface area contributed by atoms with Crippen LogP contribution >= 0.6 is 0 Å². The molecule has 3 aliphatic rings. The molecule has 0 aromatic rings. The number of nitrogens with two attached hydrogens (primary N) is 4. The topological polar surface area (TPSA) is 312 Å². The molecule has 2 aliphatic heterocycles. The number of carbonyl (C=O) groups is 1. The zero-order valence-electron chi connectivity index (χ0n) is 21.5. The molecular weight excluding hydrogens is 526 g/mol. The molecule has 0 aromatic heterocycles. The van der Waals surface area contributed by atoms with Gasteiger partial charge in [-0.25, -0.2) is 0 Å². The average Bonchev–Trinajstić information content (AvgIpc) is 3.17. The molecule has 16 N–H and O–H groups in total. The number of ether oxygens (including phenoxy) is 4. The first-order valence-electron chi connectivity index (χ1n) is 12.9. The molecule has 0 radical (unpaired) electrons. The number of aliphatic hydroxyl groups is 7. The van der Waals surface area contributed by atoms with Gasteiger partial charge in [0.15, 0.2) is 12.6 Å². The molecule has 14 unspecified atom stereocenters. The maximum Gasteiger partial charge on any atom is 0.249 e. The molecule has 228 valence electrons. The fourth-order valence-electron chi connectivity index (χ4n) is 5.04. The molecule has 2 saturated heterocycles. The normalized spacial score (nSPS) is 46.6. The standard InChI is InChI=1S/C22H43N5O12/c1-6(24)17-15(33)16(34)22(37-17)39-19-12(30)8(27-20(35)9(29)2-3-23)4-7(25)18(19)38-21-11(26)14(32)13(31)10(5-28)36-21/h6-19,21-22,28-34H,2-5,23-26H2,1H3,(H,27,35)/t6-,7?,8?,9+,10?,11?,12?,13?,14?,15?,16?,17?,18?,19?,21?,22?/m1/s1. The van der Waals surface area contributed by atoms with Crippen molar-refractivity contribution >= 4 is 5.91 Å². The Labute approximate surface area is 224 Å². The minimum absolute atomic E-state index is 0.0257. The summed E-state index contributed by atoms with van der Waals surface area (Å²) in [6.45, 7) is 0.930. The molecular formula is C22H43N5O12. The summed E-state index contributed by atoms with van der Waals surface area (Å²) in [4.78, 5) is 12.4. The van der Waals surface area contributed by atoms with Crippen molar-refractivity contribution in [1.29, 1.82) is 0 Å². The molecule has 0 aromatic carbocycles. The highest BCUT2D eigenvalue weighted by Gasteiger charge is 2.53. The zero-order chi connectivity index (χ0) is 29.2. The molecule has 0 spiro atoms. The van der Waals surface area contributed by atoms with Crippen molar-refractivity contribution in [3.05, 3.63) is 0 Å². The fraction of sp³-hybridized carbons (Fsp3) is 0.955. The molecule has 16 atom stereocenters. The minimum atomic E-state index is -1.57. The number of hydrogen-bond donors (Lipinski definition) is 12. The van der Waals surface area contributed by atoms with E-state index in [9.17, 15) is 40.5 Å². The van der Waals surface area contributed by atoms with E-state index in [0.717, 1.165) is 0 Å². The van der Waals surface area contributed by atoms with Crippen molar-refractivity contribution < 1.29 is 59.5 Å². The number of carbonyl (C=O) groups excluding carboxylic acids is 1. The average molecular weight is 570 g/mol. The Morgan fingerprint density at radius 1 is 0.974 bits per heavy atom. The molecule has 0 bridgehead atoms. The monoisotopic (exact) mass is 569 g/mol. The smallest absolute Gasteiger partial charge is 0.249 e. The van der Waals surface area contributed by atoms with Crippen LogP contribution in [0.2, 0.25) is 0 Å². The molecule has 3 fully saturated rings. The number of rotatable bonds is 10. The molecule has 1 amide bonds. The van der Waals surface area contributed by atoms with Crippen LogP contribution in [0.4, 0.5) is 0 Å². The van der Waals surface area contributed by atoms with Gasteiger partial charge in [0.2, 0.25) is 5.91 Å². The summed E-state index contributed by atoms with van der Waals surface area (Å²) in [5, 5.41) is 74.5. The van der Waals surface area contributed by atoms with Gasteiger partial charge in [-0.05, 0) is 26.3 Å². The molecule has 1 saturated carbocycles. The van der Waals surface area contributed by atoms with E-state index in [-0.39, 0.29) is 19.4 Å². The zero-order valence-corrected chi connectivity index (χ0v) is 21.5. The second-order valence-corrected chi connectivity index (χ2v) is 10.4. The van der Waals surface area contributed by atoms with Crippen LogP contribution in [-0.2, 0) is 23.7 Å². The summed E-state index contributed by atoms with van der Waals surface area (Å²) in [6, 6.07) is -4.04. The summed E-state index contributed by atoms with van der Waals surface area (Å²) >= 11 is 0. The van der Waals surface area contributed by atoms with Crippen molar-refractivity contribution in [2.75, 3.05) is 13.2 Å². The maximum absolute atomic E-state index is 12.4. The van der Waals surface area contributed by atoms with Crippen LogP contribution in [-0.4, -0.2) is 153 Å². The number of nitrogens with one attached hydrogen (secondary N) is 1. The lowest BCUT2D eigenvalue weighted by atomic mass is 9.83. The van der Waals surface area contributed by atoms with Gasteiger partial charge in [0, 0.05) is 12.1 Å². The number of aliphatic hydroxyl groups excluding tert-OH is 7. The third kappa shape index (κ3) is 7.03. The summed E-state index contributed by atoms with van der Waals surface area (Å²) in [5.74, 6) is -0.806. The van der Waals surface area contributed by atoms with E-state index < -0.39 is 110 Å². The Balaban J connectivity index is 1.85. The van der Waals surface area contributed by atoms with E-state index >= 15 is 0 Å². The van der Waals surface area contributed by atoms with Gasteiger partial charge in [-0.2, -0.15) is 0 Å². The van der Waals surface area contributed by atoms with E-state index in [1.54, 1.807) is 6.92 Å². The predicted molar refractivity (Wildman–Crippen MR) is 130 cm³/mol. The predicted octanol–water partition coefficient (Wildman–Crippen LogP) is -7.40. The maximum atomic E-state index is 12.4. The van der Waals surface area contributed by atoms with E-state index in [1.165, 1.54) is 0 Å². The van der Waals surface area contributed by atoms with E-state index in [4.69, 9.17) is 41.9 Å². The second kappa shape index (κ2) is 13.7. The molecule has 1 aliphatic carbocycles. The first-order chi connectivity index (χ1) is 18.3. The van der Waals surface area contributed by atoms with Crippen LogP contribution in [0, 0.1) is 0 Å². The van der Waals surface area contributed by atoms with Crippen molar-refractivity contribution in [3.8, 4) is 0 Å². The van der Waals surface area contributed by atoms with Crippen LogP contribution < -0.4 is 28.3 Å². The molecule has 3 rings (SSSR count). The van der Waals surface area contributed by atoms with Crippen LogP contribution in [0.1, 0.15) is 19.8 Å². The quantitative estimate of drug-likeness (QED) is 0.116. The van der Waals surface area contributed by atoms with Crippen LogP contribution in [0.25, 0.3) is 0 Å². The van der Waals surface area contributed by atoms with Gasteiger partial charge in [-0.3, -0.25) is 4.79 Å². The molecule has 17 heteroatoms. The third-order valence-electron chi connectivity index (χ3n) is 7.38. The Hall–Kier alpha value is -1.13. The van der Waals surface area contributed by atoms with Crippen LogP contribution in [0.5, 0.6) is 0 Å². The fourth-order valence-corrected chi connectivity index (χ4v) is 5.04. The highest BCUT2D eigenvalue weighted by Crippen LogP contribution is 2.33. The van der Waals surface area contributed by atoms with Gasteiger partial charge in [-0.15, -0.1) is 0 Å². The van der Waals surface area contributed by atoms with Crippen molar-refractivity contribution in [1.82, 2.24) is 5.32 Å². The molecule has 39 heavy (non-hydrogen) atoms. The lowest BCUT2D eigenvalue weighted by Gasteiger charge is -2.47. The Bertz CT molecular complexity index is 799. The number of hydrogen-bond acceptors (Lipinski definition) is 16. The first kappa shape index (κ1) is 32.4. The highest BCUT2D eigenvalue weighted by atomic mass is 16.7. The van der Waals surface area contributed by atoms with Gasteiger partial charge in [0.1, 0.15) is 61.0 Å². The van der Waals surface area contributed by atoms with E-state index in [1.807, 2.05) is 0 Å². The summed E-state index contributed by atoms with van der Waals surface area (Å²) < 4.78 is 22.9.